The summed E-state index contributed by atoms with van der Waals surface area (Å²) in [6, 6.07) is 30.1. The summed E-state index contributed by atoms with van der Waals surface area (Å²) in [4.78, 5) is 0. The van der Waals surface area contributed by atoms with Crippen molar-refractivity contribution in [2.24, 2.45) is 0 Å². The predicted octanol–water partition coefficient (Wildman–Crippen LogP) is 1.33. The molecule has 0 bridgehead atoms. The van der Waals surface area contributed by atoms with Crippen LogP contribution < -0.4 is 21.5 Å². The van der Waals surface area contributed by atoms with E-state index in [1.165, 1.54) is 27.4 Å². The zero-order chi connectivity index (χ0) is 14.1. The molecule has 0 aliphatic heterocycles. The van der Waals surface area contributed by atoms with Crippen LogP contribution in [0, 0.1) is 0 Å². The molecule has 0 aliphatic rings. The third-order valence-electron chi connectivity index (χ3n) is 3.95. The van der Waals surface area contributed by atoms with Gasteiger partial charge in [-0.25, -0.2) is 0 Å². The van der Waals surface area contributed by atoms with Gasteiger partial charge in [-0.1, -0.05) is 54.6 Å². The number of hydrogen-bond acceptors (Lipinski definition) is 0. The second kappa shape index (κ2) is 6.29. The van der Waals surface area contributed by atoms with Gasteiger partial charge in [-0.05, 0) is 18.2 Å². The Labute approximate surface area is 140 Å². The van der Waals surface area contributed by atoms with Crippen LogP contribution in [0.15, 0.2) is 84.9 Å². The van der Waals surface area contributed by atoms with E-state index in [0.29, 0.717) is 0 Å². The van der Waals surface area contributed by atoms with Crippen molar-refractivity contribution < 1.29 is 21.5 Å². The van der Waals surface area contributed by atoms with Gasteiger partial charge >= 0.3 is 0 Å². The quantitative estimate of drug-likeness (QED) is 0.379. The molecule has 4 rings (SSSR count). The van der Waals surface area contributed by atoms with Crippen molar-refractivity contribution in [1.82, 2.24) is 0 Å². The van der Waals surface area contributed by atoms with Gasteiger partial charge < -0.3 is 17.0 Å². The molecule has 4 aromatic rings. The number of rotatable bonds is 2. The molecular formula is C20H16BrN. The lowest BCUT2D eigenvalue weighted by Crippen LogP contribution is -3.00. The van der Waals surface area contributed by atoms with E-state index < -0.39 is 0 Å². The van der Waals surface area contributed by atoms with Crippen molar-refractivity contribution in [3.8, 4) is 0 Å². The molecule has 0 unspecified atom stereocenters. The molecule has 22 heavy (non-hydrogen) atoms. The SMILES string of the molecule is [Br-].c1ccc(C[n+]2c3ccccc3cc3ccccc32)cc1. The average Bonchev–Trinajstić information content (AvgIpc) is 2.55. The van der Waals surface area contributed by atoms with Crippen LogP contribution in [0.2, 0.25) is 0 Å². The van der Waals surface area contributed by atoms with E-state index in [-0.39, 0.29) is 17.0 Å². The largest absolute Gasteiger partial charge is 1.00 e. The molecule has 0 N–H and O–H groups in total. The molecule has 0 radical (unpaired) electrons. The molecule has 1 nitrogen and oxygen atoms in total. The van der Waals surface area contributed by atoms with E-state index in [4.69, 9.17) is 0 Å². The van der Waals surface area contributed by atoms with Crippen molar-refractivity contribution in [3.05, 3.63) is 90.5 Å². The molecule has 0 spiro atoms. The number of fused-ring (bicyclic) bond motifs is 2. The molecular weight excluding hydrogens is 334 g/mol. The molecule has 0 saturated heterocycles. The maximum atomic E-state index is 2.40. The van der Waals surface area contributed by atoms with Crippen LogP contribution in [0.4, 0.5) is 0 Å². The number of benzene rings is 3. The van der Waals surface area contributed by atoms with Crippen LogP contribution in [0.25, 0.3) is 21.8 Å². The summed E-state index contributed by atoms with van der Waals surface area (Å²) < 4.78 is 2.40. The van der Waals surface area contributed by atoms with Crippen molar-refractivity contribution in [2.45, 2.75) is 6.54 Å². The highest BCUT2D eigenvalue weighted by Gasteiger charge is 2.14. The van der Waals surface area contributed by atoms with Crippen molar-refractivity contribution >= 4 is 21.8 Å². The Bertz CT molecular complexity index is 862. The van der Waals surface area contributed by atoms with Crippen LogP contribution in [-0.2, 0) is 6.54 Å². The highest BCUT2D eigenvalue weighted by molar-refractivity contribution is 5.88. The fourth-order valence-corrected chi connectivity index (χ4v) is 2.94. The zero-order valence-corrected chi connectivity index (χ0v) is 13.7. The number of halogens is 1. The van der Waals surface area contributed by atoms with Gasteiger partial charge in [0.2, 0.25) is 11.0 Å². The molecule has 0 aliphatic carbocycles. The average molecular weight is 350 g/mol. The Morgan fingerprint density at radius 2 is 1.09 bits per heavy atom. The van der Waals surface area contributed by atoms with Gasteiger partial charge in [0, 0.05) is 28.5 Å². The number of para-hydroxylation sites is 2. The number of nitrogens with zero attached hydrogens (tertiary/aromatic N) is 1. The van der Waals surface area contributed by atoms with Crippen molar-refractivity contribution in [3.63, 3.8) is 0 Å². The first kappa shape index (κ1) is 14.7. The Balaban J connectivity index is 0.00000144. The smallest absolute Gasteiger partial charge is 0.213 e. The lowest BCUT2D eigenvalue weighted by molar-refractivity contribution is -0.635. The first-order valence-electron chi connectivity index (χ1n) is 7.26. The van der Waals surface area contributed by atoms with Gasteiger partial charge in [-0.15, -0.1) is 0 Å². The highest BCUT2D eigenvalue weighted by atomic mass is 79.9. The minimum absolute atomic E-state index is 0. The van der Waals surface area contributed by atoms with Crippen LogP contribution in [-0.4, -0.2) is 0 Å². The fraction of sp³-hybridized carbons (Fsp3) is 0.0500. The topological polar surface area (TPSA) is 3.88 Å². The first-order valence-corrected chi connectivity index (χ1v) is 7.26. The first-order chi connectivity index (χ1) is 10.4. The Morgan fingerprint density at radius 3 is 1.68 bits per heavy atom. The van der Waals surface area contributed by atoms with E-state index in [2.05, 4.69) is 89.5 Å². The van der Waals surface area contributed by atoms with Gasteiger partial charge in [0.1, 0.15) is 0 Å². The van der Waals surface area contributed by atoms with E-state index in [0.717, 1.165) is 6.54 Å². The summed E-state index contributed by atoms with van der Waals surface area (Å²) in [5, 5.41) is 2.57. The molecule has 108 valence electrons. The van der Waals surface area contributed by atoms with E-state index >= 15 is 0 Å². The third kappa shape index (κ3) is 2.62. The van der Waals surface area contributed by atoms with Gasteiger partial charge in [0.05, 0.1) is 0 Å². The normalized spacial score (nSPS) is 10.5. The van der Waals surface area contributed by atoms with Gasteiger partial charge in [-0.2, -0.15) is 4.57 Å². The minimum atomic E-state index is 0. The maximum absolute atomic E-state index is 2.40. The summed E-state index contributed by atoms with van der Waals surface area (Å²) in [7, 11) is 0. The molecule has 3 aromatic carbocycles. The summed E-state index contributed by atoms with van der Waals surface area (Å²) in [5.41, 5.74) is 3.88. The molecule has 2 heteroatoms. The predicted molar refractivity (Wildman–Crippen MR) is 87.2 cm³/mol. The Hall–Kier alpha value is -2.19. The van der Waals surface area contributed by atoms with Crippen LogP contribution in [0.1, 0.15) is 5.56 Å². The number of aromatic nitrogens is 1. The van der Waals surface area contributed by atoms with Crippen LogP contribution in [0.3, 0.4) is 0 Å². The third-order valence-corrected chi connectivity index (χ3v) is 3.95. The van der Waals surface area contributed by atoms with E-state index in [1.54, 1.807) is 0 Å². The molecule has 0 amide bonds. The van der Waals surface area contributed by atoms with E-state index in [9.17, 15) is 0 Å². The van der Waals surface area contributed by atoms with Crippen molar-refractivity contribution in [1.29, 1.82) is 0 Å². The maximum Gasteiger partial charge on any atom is 0.213 e. The zero-order valence-electron chi connectivity index (χ0n) is 12.1. The summed E-state index contributed by atoms with van der Waals surface area (Å²) in [6.45, 7) is 0.892. The Morgan fingerprint density at radius 1 is 0.591 bits per heavy atom. The second-order valence-electron chi connectivity index (χ2n) is 5.33. The summed E-state index contributed by atoms with van der Waals surface area (Å²) in [5.74, 6) is 0. The van der Waals surface area contributed by atoms with Crippen LogP contribution in [0.5, 0.6) is 0 Å². The molecule has 1 aromatic heterocycles. The standard InChI is InChI=1S/C20H16N.BrH/c1-2-8-16(9-3-1)15-21-19-12-6-4-10-17(19)14-18-11-5-7-13-20(18)21;/h1-14H,15H2;1H/q+1;/p-1. The fourth-order valence-electron chi connectivity index (χ4n) is 2.94. The number of pyridine rings is 1. The highest BCUT2D eigenvalue weighted by Crippen LogP contribution is 2.18. The minimum Gasteiger partial charge on any atom is -1.00 e. The molecule has 0 atom stereocenters. The Kier molecular flexibility index (Phi) is 4.21. The monoisotopic (exact) mass is 349 g/mol. The second-order valence-corrected chi connectivity index (χ2v) is 5.33. The van der Waals surface area contributed by atoms with E-state index in [1.807, 2.05) is 0 Å². The summed E-state index contributed by atoms with van der Waals surface area (Å²) >= 11 is 0. The molecule has 1 heterocycles. The van der Waals surface area contributed by atoms with Crippen molar-refractivity contribution in [2.75, 3.05) is 0 Å². The lowest BCUT2D eigenvalue weighted by atomic mass is 10.1. The van der Waals surface area contributed by atoms with Crippen LogP contribution >= 0.6 is 0 Å². The molecule has 0 fully saturated rings. The van der Waals surface area contributed by atoms with Gasteiger partial charge in [-0.3, -0.25) is 0 Å². The number of hydrogen-bond donors (Lipinski definition) is 0. The lowest BCUT2D eigenvalue weighted by Gasteiger charge is -2.06. The van der Waals surface area contributed by atoms with Gasteiger partial charge in [0.15, 0.2) is 6.54 Å². The summed E-state index contributed by atoms with van der Waals surface area (Å²) in [6.07, 6.45) is 0. The van der Waals surface area contributed by atoms with Gasteiger partial charge in [0.25, 0.3) is 0 Å². The molecule has 0 saturated carbocycles.